The highest BCUT2D eigenvalue weighted by Crippen LogP contribution is 2.38. The number of carboxylic acid groups (broad SMARTS) is 1. The molecule has 0 bridgehead atoms. The molecule has 0 radical (unpaired) electrons. The molecular weight excluding hydrogens is 534 g/mol. The summed E-state index contributed by atoms with van der Waals surface area (Å²) in [5.41, 5.74) is 13.3. The highest BCUT2D eigenvalue weighted by Gasteiger charge is 2.42. The van der Waals surface area contributed by atoms with Gasteiger partial charge in [-0.05, 0) is 74.4 Å². The minimum atomic E-state index is -0.682. The SMILES string of the molecule is CC[C@@H](C)[C@H](C(=O)O)N1C[C@H](CN2CCC(c3cc(Cc4ccc(CN)cc4)nn3CC)CC2)[C@@H](c2cccc(C)c2)C1. The van der Waals surface area contributed by atoms with Crippen LogP contribution in [0.1, 0.15) is 85.5 Å². The van der Waals surface area contributed by atoms with E-state index in [0.717, 1.165) is 76.2 Å². The van der Waals surface area contributed by atoms with Crippen molar-refractivity contribution >= 4 is 5.97 Å². The summed E-state index contributed by atoms with van der Waals surface area (Å²) in [6, 6.07) is 19.3. The molecule has 2 aliphatic heterocycles. The molecule has 43 heavy (non-hydrogen) atoms. The lowest BCUT2D eigenvalue weighted by Crippen LogP contribution is -2.45. The van der Waals surface area contributed by atoms with Gasteiger partial charge in [0.2, 0.25) is 0 Å². The van der Waals surface area contributed by atoms with E-state index >= 15 is 0 Å². The predicted octanol–water partition coefficient (Wildman–Crippen LogP) is 5.66. The standard InChI is InChI=1S/C36H51N5O2/c1-5-26(4)35(36(42)43)40-23-31(33(24-40)30-9-7-8-25(3)18-30)22-39-16-14-29(15-17-39)34-20-32(38-41(34)6-2)19-27-10-12-28(21-37)13-11-27/h7-13,18,20,26,29,31,33,35H,5-6,14-17,19,21-24,37H2,1-4H3,(H,42,43)/t26-,31+,33-,35-/m1/s1. The zero-order chi connectivity index (χ0) is 30.5. The number of hydrogen-bond donors (Lipinski definition) is 2. The summed E-state index contributed by atoms with van der Waals surface area (Å²) in [5, 5.41) is 15.1. The molecule has 232 valence electrons. The number of nitrogens with two attached hydrogens (primary N) is 1. The van der Waals surface area contributed by atoms with Crippen molar-refractivity contribution in [3.8, 4) is 0 Å². The van der Waals surface area contributed by atoms with E-state index in [0.29, 0.717) is 24.3 Å². The molecule has 0 spiro atoms. The molecule has 7 heteroatoms. The fraction of sp³-hybridized carbons (Fsp3) is 0.556. The molecule has 3 N–H and O–H groups in total. The van der Waals surface area contributed by atoms with Crippen LogP contribution in [0, 0.1) is 18.8 Å². The fourth-order valence-electron chi connectivity index (χ4n) is 7.48. The van der Waals surface area contributed by atoms with E-state index in [9.17, 15) is 9.90 Å². The first-order valence-electron chi connectivity index (χ1n) is 16.4. The normalized spacial score (nSPS) is 21.7. The molecule has 1 aromatic heterocycles. The van der Waals surface area contributed by atoms with Gasteiger partial charge in [-0.2, -0.15) is 5.10 Å². The summed E-state index contributed by atoms with van der Waals surface area (Å²) < 4.78 is 2.22. The Hall–Kier alpha value is -3.00. The second kappa shape index (κ2) is 14.2. The third-order valence-electron chi connectivity index (χ3n) is 10.1. The number of carbonyl (C=O) groups is 1. The van der Waals surface area contributed by atoms with Crippen LogP contribution in [0.3, 0.4) is 0 Å². The van der Waals surface area contributed by atoms with Crippen LogP contribution in [0.5, 0.6) is 0 Å². The van der Waals surface area contributed by atoms with Crippen molar-refractivity contribution in [2.24, 2.45) is 17.6 Å². The van der Waals surface area contributed by atoms with Crippen LogP contribution in [-0.4, -0.2) is 69.4 Å². The van der Waals surface area contributed by atoms with Gasteiger partial charge in [-0.1, -0.05) is 74.4 Å². The maximum Gasteiger partial charge on any atom is 0.321 e. The molecule has 0 aliphatic carbocycles. The average molecular weight is 586 g/mol. The van der Waals surface area contributed by atoms with Gasteiger partial charge in [0.05, 0.1) is 5.69 Å². The van der Waals surface area contributed by atoms with Crippen molar-refractivity contribution < 1.29 is 9.90 Å². The zero-order valence-corrected chi connectivity index (χ0v) is 26.6. The highest BCUT2D eigenvalue weighted by molar-refractivity contribution is 5.74. The van der Waals surface area contributed by atoms with E-state index in [2.05, 4.69) is 96.8 Å². The number of piperidine rings is 1. The molecule has 0 saturated carbocycles. The lowest BCUT2D eigenvalue weighted by atomic mass is 9.86. The van der Waals surface area contributed by atoms with Gasteiger partial charge in [0.1, 0.15) is 6.04 Å². The van der Waals surface area contributed by atoms with Gasteiger partial charge < -0.3 is 15.7 Å². The molecule has 2 saturated heterocycles. The van der Waals surface area contributed by atoms with Gasteiger partial charge in [-0.3, -0.25) is 14.4 Å². The number of aromatic nitrogens is 2. The van der Waals surface area contributed by atoms with E-state index in [-0.39, 0.29) is 5.92 Å². The van der Waals surface area contributed by atoms with E-state index < -0.39 is 12.0 Å². The molecule has 0 amide bonds. The number of likely N-dealkylation sites (tertiary alicyclic amines) is 2. The van der Waals surface area contributed by atoms with E-state index in [4.69, 9.17) is 10.8 Å². The number of aryl methyl sites for hydroxylation is 2. The molecule has 2 fully saturated rings. The molecule has 3 aromatic rings. The quantitative estimate of drug-likeness (QED) is 0.285. The minimum absolute atomic E-state index is 0.128. The van der Waals surface area contributed by atoms with Crippen molar-refractivity contribution in [3.63, 3.8) is 0 Å². The van der Waals surface area contributed by atoms with Crippen LogP contribution >= 0.6 is 0 Å². The third kappa shape index (κ3) is 7.39. The topological polar surface area (TPSA) is 87.6 Å². The lowest BCUT2D eigenvalue weighted by molar-refractivity contribution is -0.145. The second-order valence-electron chi connectivity index (χ2n) is 13.1. The first-order valence-corrected chi connectivity index (χ1v) is 16.4. The summed E-state index contributed by atoms with van der Waals surface area (Å²) in [4.78, 5) is 17.3. The number of hydrogen-bond acceptors (Lipinski definition) is 5. The van der Waals surface area contributed by atoms with Crippen LogP contribution in [-0.2, 0) is 24.3 Å². The van der Waals surface area contributed by atoms with Crippen molar-refractivity contribution in [2.75, 3.05) is 32.7 Å². The van der Waals surface area contributed by atoms with Gasteiger partial charge in [-0.25, -0.2) is 0 Å². The van der Waals surface area contributed by atoms with Crippen LogP contribution in [0.2, 0.25) is 0 Å². The predicted molar refractivity (Wildman–Crippen MR) is 173 cm³/mol. The zero-order valence-electron chi connectivity index (χ0n) is 26.6. The number of benzene rings is 2. The molecule has 4 atom stereocenters. The molecule has 2 aromatic carbocycles. The monoisotopic (exact) mass is 585 g/mol. The Labute approximate surface area is 258 Å². The first-order chi connectivity index (χ1) is 20.8. The molecule has 3 heterocycles. The van der Waals surface area contributed by atoms with E-state index in [1.54, 1.807) is 0 Å². The third-order valence-corrected chi connectivity index (χ3v) is 10.1. The first kappa shape index (κ1) is 31.4. The van der Waals surface area contributed by atoms with Crippen molar-refractivity contribution in [2.45, 2.75) is 84.3 Å². The maximum absolute atomic E-state index is 12.4. The van der Waals surface area contributed by atoms with Gasteiger partial charge in [0, 0.05) is 56.7 Å². The Kier molecular flexibility index (Phi) is 10.4. The Morgan fingerprint density at radius 2 is 1.77 bits per heavy atom. The van der Waals surface area contributed by atoms with Gasteiger partial charge in [0.15, 0.2) is 0 Å². The van der Waals surface area contributed by atoms with E-state index in [1.165, 1.54) is 22.4 Å². The maximum atomic E-state index is 12.4. The van der Waals surface area contributed by atoms with Gasteiger partial charge in [-0.15, -0.1) is 0 Å². The molecule has 5 rings (SSSR count). The molecule has 7 nitrogen and oxygen atoms in total. The number of rotatable bonds is 12. The number of nitrogens with zero attached hydrogens (tertiary/aromatic N) is 4. The van der Waals surface area contributed by atoms with Crippen LogP contribution in [0.25, 0.3) is 0 Å². The Morgan fingerprint density at radius 1 is 1.05 bits per heavy atom. The largest absolute Gasteiger partial charge is 0.480 e. The summed E-state index contributed by atoms with van der Waals surface area (Å²) in [6.45, 7) is 14.8. The molecule has 2 aliphatic rings. The Balaban J connectivity index is 1.25. The van der Waals surface area contributed by atoms with Gasteiger partial charge in [0.25, 0.3) is 0 Å². The minimum Gasteiger partial charge on any atom is -0.480 e. The van der Waals surface area contributed by atoms with Crippen molar-refractivity contribution in [1.29, 1.82) is 0 Å². The summed E-state index contributed by atoms with van der Waals surface area (Å²) in [7, 11) is 0. The Morgan fingerprint density at radius 3 is 2.40 bits per heavy atom. The summed E-state index contributed by atoms with van der Waals surface area (Å²) >= 11 is 0. The molecular formula is C36H51N5O2. The second-order valence-corrected chi connectivity index (χ2v) is 13.1. The van der Waals surface area contributed by atoms with Crippen molar-refractivity contribution in [1.82, 2.24) is 19.6 Å². The Bertz CT molecular complexity index is 1340. The van der Waals surface area contributed by atoms with Crippen LogP contribution in [0.15, 0.2) is 54.6 Å². The van der Waals surface area contributed by atoms with Crippen molar-refractivity contribution in [3.05, 3.63) is 88.2 Å². The smallest absolute Gasteiger partial charge is 0.321 e. The fourth-order valence-corrected chi connectivity index (χ4v) is 7.48. The summed E-state index contributed by atoms with van der Waals surface area (Å²) in [5.74, 6) is 0.739. The van der Waals surface area contributed by atoms with Gasteiger partial charge >= 0.3 is 5.97 Å². The average Bonchev–Trinajstić information content (AvgIpc) is 3.61. The lowest BCUT2D eigenvalue weighted by Gasteiger charge is -2.35. The molecule has 0 unspecified atom stereocenters. The highest BCUT2D eigenvalue weighted by atomic mass is 16.4. The number of carboxylic acids is 1. The summed E-state index contributed by atoms with van der Waals surface area (Å²) in [6.07, 6.45) is 3.98. The van der Waals surface area contributed by atoms with E-state index in [1.807, 2.05) is 0 Å². The van der Waals surface area contributed by atoms with Crippen LogP contribution in [0.4, 0.5) is 0 Å². The van der Waals surface area contributed by atoms with Crippen LogP contribution < -0.4 is 5.73 Å². The number of aliphatic carboxylic acids is 1.